The Morgan fingerprint density at radius 2 is 1.90 bits per heavy atom. The van der Waals surface area contributed by atoms with Gasteiger partial charge in [-0.2, -0.15) is 5.10 Å². The van der Waals surface area contributed by atoms with Crippen molar-refractivity contribution < 1.29 is 23.4 Å². The van der Waals surface area contributed by atoms with Gasteiger partial charge in [-0.3, -0.25) is 0 Å². The molecule has 0 saturated heterocycles. The summed E-state index contributed by atoms with van der Waals surface area (Å²) in [7, 11) is -2.32. The molecule has 10 heteroatoms. The number of fused-ring (bicyclic) bond motifs is 1. The van der Waals surface area contributed by atoms with Crippen LogP contribution in [0, 0.1) is 12.3 Å². The van der Waals surface area contributed by atoms with Crippen molar-refractivity contribution in [1.82, 2.24) is 14.6 Å². The van der Waals surface area contributed by atoms with E-state index in [1.807, 2.05) is 6.92 Å². The van der Waals surface area contributed by atoms with Gasteiger partial charge in [0.1, 0.15) is 21.3 Å². The molecule has 0 saturated carbocycles. The zero-order chi connectivity index (χ0) is 22.5. The molecule has 8 nitrogen and oxygen atoms in total. The van der Waals surface area contributed by atoms with Crippen LogP contribution in [0.25, 0.3) is 16.2 Å². The summed E-state index contributed by atoms with van der Waals surface area (Å²) in [5, 5.41) is 24.8. The number of sulfone groups is 1. The van der Waals surface area contributed by atoms with Crippen molar-refractivity contribution in [1.29, 1.82) is 0 Å². The lowest BCUT2D eigenvalue weighted by Gasteiger charge is -2.22. The van der Waals surface area contributed by atoms with Gasteiger partial charge in [-0.05, 0) is 39.0 Å². The van der Waals surface area contributed by atoms with Crippen molar-refractivity contribution in [2.24, 2.45) is 5.41 Å². The number of rotatable bonds is 7. The van der Waals surface area contributed by atoms with Gasteiger partial charge < -0.3 is 14.9 Å². The van der Waals surface area contributed by atoms with E-state index >= 15 is 0 Å². The third-order valence-corrected chi connectivity index (χ3v) is 8.05. The number of nitrogens with zero attached hydrogens (tertiary/aromatic N) is 3. The van der Waals surface area contributed by atoms with Crippen LogP contribution in [0.4, 0.5) is 0 Å². The van der Waals surface area contributed by atoms with Crippen molar-refractivity contribution >= 4 is 26.1 Å². The Morgan fingerprint density at radius 1 is 1.23 bits per heavy atom. The van der Waals surface area contributed by atoms with E-state index in [-0.39, 0.29) is 23.0 Å². The maximum atomic E-state index is 13.1. The maximum absolute atomic E-state index is 13.1. The molecule has 0 radical (unpaired) electrons. The third kappa shape index (κ3) is 4.22. The molecule has 0 aliphatic carbocycles. The van der Waals surface area contributed by atoms with Crippen molar-refractivity contribution in [2.75, 3.05) is 19.5 Å². The molecule has 0 bridgehead atoms. The largest absolute Gasteiger partial charge is 0.495 e. The standard InChI is InChI=1S/C20H27N3O5S2/c1-12-16(23-18(21-12)29-17(22-23)20(4,5)25)13-7-8-14(28-6)15(9-13)30(26,27)11-19(2,3)10-24/h7-9,24-25H,10-11H2,1-6H3. The number of aryl methyl sites for hydroxylation is 1. The Hall–Kier alpha value is -2.01. The predicted octanol–water partition coefficient (Wildman–Crippen LogP) is 2.79. The molecule has 0 aliphatic heterocycles. The topological polar surface area (TPSA) is 114 Å². The van der Waals surface area contributed by atoms with Crippen molar-refractivity contribution in [3.05, 3.63) is 28.9 Å². The third-order valence-electron chi connectivity index (χ3n) is 4.68. The monoisotopic (exact) mass is 453 g/mol. The van der Waals surface area contributed by atoms with Crippen LogP contribution in [-0.2, 0) is 15.4 Å². The summed E-state index contributed by atoms with van der Waals surface area (Å²) in [6.07, 6.45) is 0. The molecule has 3 aromatic rings. The van der Waals surface area contributed by atoms with E-state index in [0.717, 1.165) is 0 Å². The first-order valence-corrected chi connectivity index (χ1v) is 11.9. The lowest BCUT2D eigenvalue weighted by Crippen LogP contribution is -2.27. The van der Waals surface area contributed by atoms with Crippen LogP contribution in [0.5, 0.6) is 5.75 Å². The number of aliphatic hydroxyl groups is 2. The van der Waals surface area contributed by atoms with Gasteiger partial charge >= 0.3 is 0 Å². The van der Waals surface area contributed by atoms with Crippen molar-refractivity contribution in [2.45, 2.75) is 45.1 Å². The maximum Gasteiger partial charge on any atom is 0.213 e. The molecule has 0 aliphatic rings. The molecular weight excluding hydrogens is 426 g/mol. The van der Waals surface area contributed by atoms with Crippen LogP contribution in [0.1, 0.15) is 38.4 Å². The van der Waals surface area contributed by atoms with Crippen molar-refractivity contribution in [3.63, 3.8) is 0 Å². The molecule has 0 fully saturated rings. The second-order valence-corrected chi connectivity index (χ2v) is 11.6. The SMILES string of the molecule is COc1ccc(-c2c(C)nc3sc(C(C)(C)O)nn23)cc1S(=O)(=O)CC(C)(C)CO. The fourth-order valence-corrected chi connectivity index (χ4v) is 6.12. The number of benzene rings is 1. The van der Waals surface area contributed by atoms with Gasteiger partial charge in [0.05, 0.1) is 24.3 Å². The summed E-state index contributed by atoms with van der Waals surface area (Å²) in [4.78, 5) is 5.19. The van der Waals surface area contributed by atoms with E-state index < -0.39 is 20.9 Å². The second kappa shape index (κ2) is 7.60. The average molecular weight is 454 g/mol. The molecule has 1 aromatic carbocycles. The highest BCUT2D eigenvalue weighted by Gasteiger charge is 2.30. The smallest absolute Gasteiger partial charge is 0.213 e. The fraction of sp³-hybridized carbons (Fsp3) is 0.500. The Bertz CT molecular complexity index is 1190. The molecule has 164 valence electrons. The van der Waals surface area contributed by atoms with Crippen LogP contribution in [0.15, 0.2) is 23.1 Å². The summed E-state index contributed by atoms with van der Waals surface area (Å²) in [5.74, 6) is 0.0118. The van der Waals surface area contributed by atoms with Gasteiger partial charge in [-0.15, -0.1) is 0 Å². The van der Waals surface area contributed by atoms with Crippen LogP contribution in [0.2, 0.25) is 0 Å². The first-order valence-electron chi connectivity index (χ1n) is 9.40. The predicted molar refractivity (Wildman–Crippen MR) is 116 cm³/mol. The van der Waals surface area contributed by atoms with E-state index in [9.17, 15) is 18.6 Å². The van der Waals surface area contributed by atoms with E-state index in [1.54, 1.807) is 50.4 Å². The summed E-state index contributed by atoms with van der Waals surface area (Å²) >= 11 is 1.28. The zero-order valence-corrected chi connectivity index (χ0v) is 19.6. The number of imidazole rings is 1. The molecule has 30 heavy (non-hydrogen) atoms. The first kappa shape index (κ1) is 22.7. The lowest BCUT2D eigenvalue weighted by molar-refractivity contribution is 0.0773. The fourth-order valence-electron chi connectivity index (χ4n) is 3.13. The number of aromatic nitrogens is 3. The van der Waals surface area contributed by atoms with Crippen LogP contribution >= 0.6 is 11.3 Å². The molecule has 3 rings (SSSR count). The van der Waals surface area contributed by atoms with Gasteiger partial charge in [0, 0.05) is 17.6 Å². The summed E-state index contributed by atoms with van der Waals surface area (Å²) in [6, 6.07) is 4.92. The highest BCUT2D eigenvalue weighted by atomic mass is 32.2. The summed E-state index contributed by atoms with van der Waals surface area (Å²) < 4.78 is 33.2. The minimum Gasteiger partial charge on any atom is -0.495 e. The van der Waals surface area contributed by atoms with Crippen LogP contribution in [-0.4, -0.2) is 52.7 Å². The molecule has 0 unspecified atom stereocenters. The van der Waals surface area contributed by atoms with Gasteiger partial charge in [-0.1, -0.05) is 25.2 Å². The minimum atomic E-state index is -3.74. The average Bonchev–Trinajstić information content (AvgIpc) is 3.17. The number of ether oxygens (including phenoxy) is 1. The highest BCUT2D eigenvalue weighted by molar-refractivity contribution is 7.91. The van der Waals surface area contributed by atoms with E-state index in [1.165, 1.54) is 18.4 Å². The molecular formula is C20H27N3O5S2. The molecule has 0 atom stereocenters. The number of aliphatic hydroxyl groups excluding tert-OH is 1. The highest BCUT2D eigenvalue weighted by Crippen LogP contribution is 2.36. The summed E-state index contributed by atoms with van der Waals surface area (Å²) in [5.41, 5.74) is 0.0584. The number of hydrogen-bond donors (Lipinski definition) is 2. The molecule has 2 aromatic heterocycles. The molecule has 0 amide bonds. The van der Waals surface area contributed by atoms with Crippen molar-refractivity contribution in [3.8, 4) is 17.0 Å². The molecule has 2 N–H and O–H groups in total. The second-order valence-electron chi connectivity index (χ2n) is 8.65. The number of methoxy groups -OCH3 is 1. The van der Waals surface area contributed by atoms with E-state index in [2.05, 4.69) is 10.1 Å². The lowest BCUT2D eigenvalue weighted by atomic mass is 9.98. The molecule has 0 spiro atoms. The van der Waals surface area contributed by atoms with E-state index in [4.69, 9.17) is 4.74 Å². The van der Waals surface area contributed by atoms with Crippen LogP contribution < -0.4 is 4.74 Å². The zero-order valence-electron chi connectivity index (χ0n) is 17.9. The first-order chi connectivity index (χ1) is 13.8. The Labute approximate surface area is 180 Å². The minimum absolute atomic E-state index is 0.0521. The Kier molecular flexibility index (Phi) is 5.74. The van der Waals surface area contributed by atoms with E-state index in [0.29, 0.717) is 26.9 Å². The Morgan fingerprint density at radius 3 is 2.47 bits per heavy atom. The van der Waals surface area contributed by atoms with Gasteiger partial charge in [-0.25, -0.2) is 17.9 Å². The Balaban J connectivity index is 2.18. The molecule has 2 heterocycles. The quantitative estimate of drug-likeness (QED) is 0.565. The van der Waals surface area contributed by atoms with Gasteiger partial charge in [0.2, 0.25) is 4.96 Å². The number of hydrogen-bond acceptors (Lipinski definition) is 8. The van der Waals surface area contributed by atoms with Gasteiger partial charge in [0.25, 0.3) is 0 Å². The normalized spacial score (nSPS) is 13.2. The summed E-state index contributed by atoms with van der Waals surface area (Å²) in [6.45, 7) is 8.26. The van der Waals surface area contributed by atoms with Crippen LogP contribution in [0.3, 0.4) is 0 Å². The van der Waals surface area contributed by atoms with Gasteiger partial charge in [0.15, 0.2) is 9.84 Å².